The lowest BCUT2D eigenvalue weighted by molar-refractivity contribution is -0.210. The van der Waals surface area contributed by atoms with E-state index in [2.05, 4.69) is 0 Å². The van der Waals surface area contributed by atoms with Crippen LogP contribution in [0, 0.1) is 0 Å². The van der Waals surface area contributed by atoms with Gasteiger partial charge in [-0.15, -0.1) is 0 Å². The SMILES string of the molecule is OC1(O)CCC1.OCCO. The molecule has 0 aromatic rings. The Hall–Kier alpha value is -0.160. The highest BCUT2D eigenvalue weighted by Crippen LogP contribution is 2.27. The minimum atomic E-state index is -1.28. The highest BCUT2D eigenvalue weighted by Gasteiger charge is 2.30. The Morgan fingerprint density at radius 3 is 1.30 bits per heavy atom. The molecule has 4 nitrogen and oxygen atoms in total. The van der Waals surface area contributed by atoms with Crippen molar-refractivity contribution in [3.8, 4) is 0 Å². The molecule has 0 bridgehead atoms. The number of aliphatic hydroxyl groups is 4. The first-order chi connectivity index (χ1) is 4.62. The fourth-order valence-electron chi connectivity index (χ4n) is 0.493. The van der Waals surface area contributed by atoms with Gasteiger partial charge in [-0.3, -0.25) is 0 Å². The monoisotopic (exact) mass is 150 g/mol. The highest BCUT2D eigenvalue weighted by atomic mass is 16.5. The minimum absolute atomic E-state index is 0.125. The molecule has 1 aliphatic carbocycles. The third-order valence-electron chi connectivity index (χ3n) is 1.25. The smallest absolute Gasteiger partial charge is 0.162 e. The largest absolute Gasteiger partial charge is 0.394 e. The van der Waals surface area contributed by atoms with Crippen LogP contribution in [-0.2, 0) is 0 Å². The summed E-state index contributed by atoms with van der Waals surface area (Å²) in [4.78, 5) is 0. The van der Waals surface area contributed by atoms with Crippen LogP contribution in [0.25, 0.3) is 0 Å². The lowest BCUT2D eigenvalue weighted by atomic mass is 9.92. The fourth-order valence-corrected chi connectivity index (χ4v) is 0.493. The molecular formula is C6H14O4. The van der Waals surface area contributed by atoms with Gasteiger partial charge in [-0.05, 0) is 6.42 Å². The first-order valence-electron chi connectivity index (χ1n) is 3.29. The van der Waals surface area contributed by atoms with Crippen LogP contribution in [0.5, 0.6) is 0 Å². The summed E-state index contributed by atoms with van der Waals surface area (Å²) in [5.74, 6) is -1.28. The molecule has 4 heteroatoms. The predicted octanol–water partition coefficient (Wildman–Crippen LogP) is -1.18. The molecule has 1 fully saturated rings. The summed E-state index contributed by atoms with van der Waals surface area (Å²) in [6.07, 6.45) is 2.09. The molecule has 10 heavy (non-hydrogen) atoms. The highest BCUT2D eigenvalue weighted by molar-refractivity contribution is 4.74. The summed E-state index contributed by atoms with van der Waals surface area (Å²) in [7, 11) is 0. The molecule has 0 aromatic heterocycles. The normalized spacial score (nSPS) is 20.4. The third-order valence-corrected chi connectivity index (χ3v) is 1.25. The van der Waals surface area contributed by atoms with E-state index in [9.17, 15) is 0 Å². The summed E-state index contributed by atoms with van der Waals surface area (Å²) in [5, 5.41) is 32.2. The average Bonchev–Trinajstić information content (AvgIpc) is 1.86. The van der Waals surface area contributed by atoms with Gasteiger partial charge < -0.3 is 20.4 Å². The number of hydrogen-bond acceptors (Lipinski definition) is 4. The molecular weight excluding hydrogens is 136 g/mol. The molecule has 4 N–H and O–H groups in total. The van der Waals surface area contributed by atoms with E-state index in [0.29, 0.717) is 12.8 Å². The van der Waals surface area contributed by atoms with Crippen molar-refractivity contribution in [3.05, 3.63) is 0 Å². The molecule has 0 spiro atoms. The van der Waals surface area contributed by atoms with Crippen LogP contribution >= 0.6 is 0 Å². The Labute approximate surface area is 59.7 Å². The van der Waals surface area contributed by atoms with Crippen LogP contribution in [0.4, 0.5) is 0 Å². The maximum atomic E-state index is 8.47. The first kappa shape index (κ1) is 9.84. The van der Waals surface area contributed by atoms with Crippen LogP contribution < -0.4 is 0 Å². The van der Waals surface area contributed by atoms with Crippen LogP contribution in [0.15, 0.2) is 0 Å². The second kappa shape index (κ2) is 4.62. The minimum Gasteiger partial charge on any atom is -0.394 e. The predicted molar refractivity (Wildman–Crippen MR) is 35.2 cm³/mol. The van der Waals surface area contributed by atoms with Crippen molar-refractivity contribution in [2.45, 2.75) is 25.0 Å². The second-order valence-electron chi connectivity index (χ2n) is 2.28. The summed E-state index contributed by atoms with van der Waals surface area (Å²) in [6.45, 7) is -0.250. The van der Waals surface area contributed by atoms with E-state index in [1.807, 2.05) is 0 Å². The van der Waals surface area contributed by atoms with E-state index in [0.717, 1.165) is 6.42 Å². The van der Waals surface area contributed by atoms with Gasteiger partial charge in [-0.25, -0.2) is 0 Å². The van der Waals surface area contributed by atoms with Gasteiger partial charge >= 0.3 is 0 Å². The standard InChI is InChI=1S/C4H8O2.C2H6O2/c5-4(6)2-1-3-4;3-1-2-4/h5-6H,1-3H2;3-4H,1-2H2. The van der Waals surface area contributed by atoms with E-state index < -0.39 is 5.79 Å². The molecule has 0 aliphatic heterocycles. The molecule has 62 valence electrons. The van der Waals surface area contributed by atoms with Crippen LogP contribution in [0.3, 0.4) is 0 Å². The zero-order chi connectivity index (χ0) is 8.04. The van der Waals surface area contributed by atoms with Crippen molar-refractivity contribution in [2.24, 2.45) is 0 Å². The van der Waals surface area contributed by atoms with Crippen molar-refractivity contribution < 1.29 is 20.4 Å². The van der Waals surface area contributed by atoms with E-state index in [1.54, 1.807) is 0 Å². The van der Waals surface area contributed by atoms with Gasteiger partial charge in [0.2, 0.25) is 0 Å². The van der Waals surface area contributed by atoms with Gasteiger partial charge in [0.15, 0.2) is 5.79 Å². The van der Waals surface area contributed by atoms with Gasteiger partial charge in [-0.1, -0.05) is 0 Å². The fraction of sp³-hybridized carbons (Fsp3) is 1.00. The Morgan fingerprint density at radius 2 is 1.30 bits per heavy atom. The molecule has 1 aliphatic rings. The van der Waals surface area contributed by atoms with Crippen molar-refractivity contribution in [1.82, 2.24) is 0 Å². The maximum Gasteiger partial charge on any atom is 0.162 e. The topological polar surface area (TPSA) is 80.9 Å². The Kier molecular flexibility index (Phi) is 4.55. The zero-order valence-corrected chi connectivity index (χ0v) is 5.82. The van der Waals surface area contributed by atoms with Crippen molar-refractivity contribution >= 4 is 0 Å². The average molecular weight is 150 g/mol. The molecule has 0 unspecified atom stereocenters. The molecule has 0 atom stereocenters. The van der Waals surface area contributed by atoms with Crippen LogP contribution in [0.2, 0.25) is 0 Å². The summed E-state index contributed by atoms with van der Waals surface area (Å²) in [5.41, 5.74) is 0. The summed E-state index contributed by atoms with van der Waals surface area (Å²) in [6, 6.07) is 0. The Morgan fingerprint density at radius 1 is 1.00 bits per heavy atom. The quantitative estimate of drug-likeness (QED) is 0.355. The van der Waals surface area contributed by atoms with Gasteiger partial charge in [0.1, 0.15) is 0 Å². The maximum absolute atomic E-state index is 8.47. The lowest BCUT2D eigenvalue weighted by Crippen LogP contribution is -2.35. The van der Waals surface area contributed by atoms with E-state index in [-0.39, 0.29) is 13.2 Å². The molecule has 0 aromatic carbocycles. The van der Waals surface area contributed by atoms with E-state index >= 15 is 0 Å². The molecule has 0 radical (unpaired) electrons. The molecule has 0 amide bonds. The van der Waals surface area contributed by atoms with Crippen molar-refractivity contribution in [1.29, 1.82) is 0 Å². The molecule has 0 saturated heterocycles. The first-order valence-corrected chi connectivity index (χ1v) is 3.29. The van der Waals surface area contributed by atoms with Gasteiger partial charge in [0.05, 0.1) is 13.2 Å². The molecule has 1 saturated carbocycles. The van der Waals surface area contributed by atoms with Crippen molar-refractivity contribution in [2.75, 3.05) is 13.2 Å². The van der Waals surface area contributed by atoms with Gasteiger partial charge in [0, 0.05) is 12.8 Å². The summed E-state index contributed by atoms with van der Waals surface area (Å²) >= 11 is 0. The Bertz CT molecular complexity index is 73.8. The van der Waals surface area contributed by atoms with E-state index in [1.165, 1.54) is 0 Å². The molecule has 0 heterocycles. The van der Waals surface area contributed by atoms with Crippen LogP contribution in [0.1, 0.15) is 19.3 Å². The number of hydrogen-bond donors (Lipinski definition) is 4. The third kappa shape index (κ3) is 4.69. The molecule has 1 rings (SSSR count). The van der Waals surface area contributed by atoms with Gasteiger partial charge in [-0.2, -0.15) is 0 Å². The van der Waals surface area contributed by atoms with Crippen LogP contribution in [-0.4, -0.2) is 39.4 Å². The van der Waals surface area contributed by atoms with Crippen molar-refractivity contribution in [3.63, 3.8) is 0 Å². The van der Waals surface area contributed by atoms with E-state index in [4.69, 9.17) is 20.4 Å². The van der Waals surface area contributed by atoms with Gasteiger partial charge in [0.25, 0.3) is 0 Å². The lowest BCUT2D eigenvalue weighted by Gasteiger charge is -2.29. The zero-order valence-electron chi connectivity index (χ0n) is 5.82. The second-order valence-corrected chi connectivity index (χ2v) is 2.28. The summed E-state index contributed by atoms with van der Waals surface area (Å²) < 4.78 is 0. The number of rotatable bonds is 1. The Balaban J connectivity index is 0.000000180. The number of aliphatic hydroxyl groups excluding tert-OH is 2.